The van der Waals surface area contributed by atoms with Crippen molar-refractivity contribution in [1.82, 2.24) is 5.32 Å². The number of quaternary nitrogens is 1. The molecule has 1 aromatic rings. The molecule has 0 spiro atoms. The zero-order valence-corrected chi connectivity index (χ0v) is 26.9. The molecule has 5 rings (SSSR count). The van der Waals surface area contributed by atoms with Crippen molar-refractivity contribution in [2.24, 2.45) is 33.7 Å². The van der Waals surface area contributed by atoms with Gasteiger partial charge < -0.3 is 40.5 Å². The van der Waals surface area contributed by atoms with Crippen molar-refractivity contribution in [3.8, 4) is 5.75 Å². The Bertz CT molecular complexity index is 1460. The molecule has 0 saturated heterocycles. The van der Waals surface area contributed by atoms with Crippen LogP contribution in [0.5, 0.6) is 5.75 Å². The average Bonchev–Trinajstić information content (AvgIpc) is 3.30. The predicted molar refractivity (Wildman–Crippen MR) is 165 cm³/mol. The molecule has 0 radical (unpaired) electrons. The van der Waals surface area contributed by atoms with Gasteiger partial charge in [-0.05, 0) is 85.8 Å². The minimum absolute atomic E-state index is 0.0498. The van der Waals surface area contributed by atoms with Gasteiger partial charge in [0.1, 0.15) is 18.2 Å². The molecule has 4 aliphatic rings. The highest BCUT2D eigenvalue weighted by Gasteiger charge is 2.68. The summed E-state index contributed by atoms with van der Waals surface area (Å²) in [5.74, 6) is -2.27. The summed E-state index contributed by atoms with van der Waals surface area (Å²) >= 11 is 0. The number of hydrogen-bond donors (Lipinski definition) is 7. The first kappa shape index (κ1) is 34.9. The smallest absolute Gasteiger partial charge is 0.328 e. The number of oxime groups is 1. The molecule has 4 aliphatic carbocycles. The number of aliphatic hydroxyl groups is 3. The lowest BCUT2D eigenvalue weighted by Gasteiger charge is -2.60. The lowest BCUT2D eigenvalue weighted by molar-refractivity contribution is -0.991. The minimum atomic E-state index is -1.64. The van der Waals surface area contributed by atoms with Gasteiger partial charge in [-0.15, -0.1) is 0 Å². The molecule has 1 aromatic carbocycles. The van der Waals surface area contributed by atoms with Crippen molar-refractivity contribution >= 4 is 29.1 Å². The highest BCUT2D eigenvalue weighted by Crippen LogP contribution is 2.67. The molecule has 1 unspecified atom stereocenters. The van der Waals surface area contributed by atoms with Crippen LogP contribution >= 0.6 is 0 Å². The second-order valence-electron chi connectivity index (χ2n) is 14.0. The van der Waals surface area contributed by atoms with E-state index in [9.17, 15) is 45.2 Å². The fourth-order valence-corrected chi connectivity index (χ4v) is 9.23. The molecule has 9 atom stereocenters. The van der Waals surface area contributed by atoms with E-state index in [1.54, 1.807) is 0 Å². The number of methoxy groups -OCH3 is 1. The zero-order valence-electron chi connectivity index (χ0n) is 26.9. The zero-order chi connectivity index (χ0) is 34.3. The Hall–Kier alpha value is -3.40. The van der Waals surface area contributed by atoms with Gasteiger partial charge in [-0.3, -0.25) is 9.59 Å². The number of nitrogens with zero attached hydrogens (tertiary/aromatic N) is 1. The van der Waals surface area contributed by atoms with Crippen LogP contribution in [-0.2, 0) is 30.4 Å². The maximum Gasteiger partial charge on any atom is 0.328 e. The summed E-state index contributed by atoms with van der Waals surface area (Å²) < 4.78 is 4.80. The van der Waals surface area contributed by atoms with Crippen molar-refractivity contribution in [3.05, 3.63) is 40.6 Å². The predicted octanol–water partition coefficient (Wildman–Crippen LogP) is 0.595. The summed E-state index contributed by atoms with van der Waals surface area (Å²) in [4.78, 5) is 43.1. The lowest BCUT2D eigenvalue weighted by Crippen LogP contribution is -2.99. The Morgan fingerprint density at radius 2 is 1.94 bits per heavy atom. The van der Waals surface area contributed by atoms with Crippen LogP contribution < -0.4 is 10.5 Å². The Labute approximate surface area is 272 Å². The largest absolute Gasteiger partial charge is 0.595 e. The molecule has 47 heavy (non-hydrogen) atoms. The fourth-order valence-electron chi connectivity index (χ4n) is 9.23. The number of carbonyl (C=O) groups is 3. The standard InChI is InChI=1S/C33H45N3O11/c1-31-10-8-20(35-47-17-28(41)34-23(30(42)46-3)12-18-4-7-25(38)24(13-18)36(44)45)14-19(31)5-6-21-22-9-11-33(43,27(40)16-37)32(22,2)15-26(39)29(21)31/h4,7,13-14,21-23,26,29,36-39,43-44H,5-6,8-12,15-17H2,1-3H3,(H,34,41)/t21-,22+,23-,26+,29+,31-,32+,33-/m0/s1. The Balaban J connectivity index is 1.23. The van der Waals surface area contributed by atoms with Crippen molar-refractivity contribution < 1.29 is 54.8 Å². The van der Waals surface area contributed by atoms with Gasteiger partial charge in [0, 0.05) is 17.9 Å². The number of Topliss-reactive ketones (excluding diaryl/α,β-unsaturated/α-hetero) is 1. The molecule has 14 nitrogen and oxygen atoms in total. The van der Waals surface area contributed by atoms with Crippen molar-refractivity contribution in [1.29, 1.82) is 0 Å². The van der Waals surface area contributed by atoms with Gasteiger partial charge >= 0.3 is 5.97 Å². The van der Waals surface area contributed by atoms with E-state index < -0.39 is 65.0 Å². The number of aliphatic hydroxyl groups excluding tert-OH is 2. The SMILES string of the molecule is COC(=O)[C@H](Cc1ccc(O)c([NH+]([O-])O)c1)NC(=O)CON=C1C=C2CC[C@@H]3[C@H]([C@H](O)C[C@]4(C)[C@@H]3CC[C@]4(O)C(=O)CO)[C@@]2(C)CC1. The van der Waals surface area contributed by atoms with Gasteiger partial charge in [0.25, 0.3) is 5.91 Å². The molecule has 7 N–H and O–H groups in total. The van der Waals surface area contributed by atoms with E-state index in [2.05, 4.69) is 17.4 Å². The molecule has 0 heterocycles. The quantitative estimate of drug-likeness (QED) is 0.105. The van der Waals surface area contributed by atoms with Crippen LogP contribution in [0, 0.1) is 33.8 Å². The van der Waals surface area contributed by atoms with E-state index in [0.29, 0.717) is 30.5 Å². The summed E-state index contributed by atoms with van der Waals surface area (Å²) in [6, 6.07) is 2.73. The van der Waals surface area contributed by atoms with Crippen molar-refractivity contribution in [2.45, 2.75) is 83.0 Å². The molecule has 0 aromatic heterocycles. The number of carbonyl (C=O) groups excluding carboxylic acids is 3. The number of allylic oxidation sites excluding steroid dienone is 2. The summed E-state index contributed by atoms with van der Waals surface area (Å²) in [6.45, 7) is 2.85. The van der Waals surface area contributed by atoms with Crippen LogP contribution in [0.3, 0.4) is 0 Å². The summed E-state index contributed by atoms with van der Waals surface area (Å²) in [5, 5.41) is 68.3. The molecular formula is C33H45N3O11. The highest BCUT2D eigenvalue weighted by molar-refractivity contribution is 5.96. The number of fused-ring (bicyclic) bond motifs is 5. The van der Waals surface area contributed by atoms with Crippen LogP contribution in [0.15, 0.2) is 35.0 Å². The molecule has 3 fully saturated rings. The van der Waals surface area contributed by atoms with E-state index in [0.717, 1.165) is 25.5 Å². The number of hydrogen-bond acceptors (Lipinski definition) is 12. The van der Waals surface area contributed by atoms with Gasteiger partial charge in [-0.1, -0.05) is 30.6 Å². The second-order valence-corrected chi connectivity index (χ2v) is 14.0. The number of phenols is 1. The maximum absolute atomic E-state index is 12.7. The highest BCUT2D eigenvalue weighted by atomic mass is 16.8. The number of benzene rings is 1. The van der Waals surface area contributed by atoms with E-state index in [1.165, 1.54) is 18.2 Å². The Kier molecular flexibility index (Phi) is 9.84. The number of amides is 1. The molecule has 1 amide bonds. The third kappa shape index (κ3) is 6.18. The third-order valence-electron chi connectivity index (χ3n) is 11.6. The van der Waals surface area contributed by atoms with Crippen LogP contribution in [0.25, 0.3) is 0 Å². The third-order valence-corrected chi connectivity index (χ3v) is 11.6. The van der Waals surface area contributed by atoms with Crippen molar-refractivity contribution in [2.75, 3.05) is 20.3 Å². The summed E-state index contributed by atoms with van der Waals surface area (Å²) in [5.41, 5.74) is -0.920. The Morgan fingerprint density at radius 3 is 2.62 bits per heavy atom. The first-order valence-corrected chi connectivity index (χ1v) is 16.1. The summed E-state index contributed by atoms with van der Waals surface area (Å²) in [6.07, 6.45) is 5.18. The summed E-state index contributed by atoms with van der Waals surface area (Å²) in [7, 11) is 1.16. The van der Waals surface area contributed by atoms with E-state index in [1.807, 2.05) is 13.0 Å². The maximum atomic E-state index is 12.7. The van der Waals surface area contributed by atoms with Gasteiger partial charge in [0.15, 0.2) is 18.1 Å². The van der Waals surface area contributed by atoms with Gasteiger partial charge in [-0.2, -0.15) is 5.23 Å². The molecule has 0 bridgehead atoms. The number of phenolic OH excluding ortho intramolecular Hbond substituents is 1. The van der Waals surface area contributed by atoms with E-state index >= 15 is 0 Å². The van der Waals surface area contributed by atoms with Crippen LogP contribution in [0.2, 0.25) is 0 Å². The normalized spacial score (nSPS) is 35.1. The number of nitrogens with one attached hydrogen (secondary N) is 2. The first-order valence-electron chi connectivity index (χ1n) is 16.1. The first-order chi connectivity index (χ1) is 22.2. The monoisotopic (exact) mass is 659 g/mol. The molecule has 14 heteroatoms. The number of ether oxygens (including phenoxy) is 1. The number of aromatic hydroxyl groups is 1. The second kappa shape index (κ2) is 13.2. The lowest BCUT2D eigenvalue weighted by atomic mass is 9.45. The minimum Gasteiger partial charge on any atom is -0.595 e. The number of rotatable bonds is 10. The average molecular weight is 660 g/mol. The van der Waals surface area contributed by atoms with E-state index in [-0.39, 0.29) is 48.1 Å². The van der Waals surface area contributed by atoms with Gasteiger partial charge in [0.2, 0.25) is 5.69 Å². The van der Waals surface area contributed by atoms with Crippen LogP contribution in [0.1, 0.15) is 64.4 Å². The van der Waals surface area contributed by atoms with Gasteiger partial charge in [0.05, 0.1) is 18.9 Å². The van der Waals surface area contributed by atoms with Crippen molar-refractivity contribution in [3.63, 3.8) is 0 Å². The molecular weight excluding hydrogens is 614 g/mol. The molecule has 3 saturated carbocycles. The Morgan fingerprint density at radius 1 is 1.19 bits per heavy atom. The van der Waals surface area contributed by atoms with Crippen LogP contribution in [-0.4, -0.2) is 87.1 Å². The molecule has 258 valence electrons. The van der Waals surface area contributed by atoms with Crippen LogP contribution in [0.4, 0.5) is 5.69 Å². The number of ketones is 1. The van der Waals surface area contributed by atoms with E-state index in [4.69, 9.17) is 9.57 Å². The fraction of sp³-hybridized carbons (Fsp3) is 0.636. The number of esters is 1. The topological polar surface area (TPSA) is 223 Å². The van der Waals surface area contributed by atoms with Gasteiger partial charge in [-0.25, -0.2) is 10.0 Å². The molecule has 0 aliphatic heterocycles.